The van der Waals surface area contributed by atoms with Crippen molar-refractivity contribution in [3.05, 3.63) is 48.3 Å². The first-order valence-corrected chi connectivity index (χ1v) is 5.45. The molecule has 4 heteroatoms. The molecule has 1 aromatic carbocycles. The van der Waals surface area contributed by atoms with Crippen molar-refractivity contribution in [3.8, 4) is 0 Å². The fourth-order valence-electron chi connectivity index (χ4n) is 1.42. The van der Waals surface area contributed by atoms with Crippen molar-refractivity contribution in [3.63, 3.8) is 0 Å². The SMILES string of the molecule is C=CCNC(C(=O)OCC)c1ccc(F)cc1. The van der Waals surface area contributed by atoms with Crippen molar-refractivity contribution in [1.29, 1.82) is 0 Å². The molecule has 1 unspecified atom stereocenters. The molecule has 3 nitrogen and oxygen atoms in total. The van der Waals surface area contributed by atoms with Gasteiger partial charge < -0.3 is 4.74 Å². The molecule has 1 aromatic rings. The third kappa shape index (κ3) is 4.00. The second-order valence-corrected chi connectivity index (χ2v) is 3.43. The lowest BCUT2D eigenvalue weighted by molar-refractivity contribution is -0.145. The zero-order chi connectivity index (χ0) is 12.7. The van der Waals surface area contributed by atoms with Gasteiger partial charge in [-0.2, -0.15) is 0 Å². The van der Waals surface area contributed by atoms with E-state index in [4.69, 9.17) is 4.74 Å². The second-order valence-electron chi connectivity index (χ2n) is 3.43. The first-order valence-electron chi connectivity index (χ1n) is 5.45. The van der Waals surface area contributed by atoms with E-state index in [2.05, 4.69) is 11.9 Å². The lowest BCUT2D eigenvalue weighted by Crippen LogP contribution is -2.30. The Bertz CT molecular complexity index is 376. The van der Waals surface area contributed by atoms with Crippen LogP contribution in [0, 0.1) is 5.82 Å². The average molecular weight is 237 g/mol. The lowest BCUT2D eigenvalue weighted by atomic mass is 10.1. The quantitative estimate of drug-likeness (QED) is 0.609. The Balaban J connectivity index is 2.84. The largest absolute Gasteiger partial charge is 0.465 e. The fraction of sp³-hybridized carbons (Fsp3) is 0.308. The molecule has 0 bridgehead atoms. The van der Waals surface area contributed by atoms with Gasteiger partial charge in [0.05, 0.1) is 6.61 Å². The molecule has 0 aliphatic heterocycles. The van der Waals surface area contributed by atoms with Crippen LogP contribution in [0.5, 0.6) is 0 Å². The Morgan fingerprint density at radius 3 is 2.71 bits per heavy atom. The maximum absolute atomic E-state index is 12.8. The molecule has 0 aliphatic rings. The summed E-state index contributed by atoms with van der Waals surface area (Å²) in [5.74, 6) is -0.707. The molecule has 0 aliphatic carbocycles. The number of carbonyl (C=O) groups excluding carboxylic acids is 1. The Kier molecular flexibility index (Phi) is 5.36. The third-order valence-corrected chi connectivity index (χ3v) is 2.19. The van der Waals surface area contributed by atoms with Gasteiger partial charge in [0.15, 0.2) is 0 Å². The summed E-state index contributed by atoms with van der Waals surface area (Å²) >= 11 is 0. The average Bonchev–Trinajstić information content (AvgIpc) is 2.32. The molecule has 1 N–H and O–H groups in total. The van der Waals surface area contributed by atoms with Gasteiger partial charge in [-0.05, 0) is 24.6 Å². The maximum Gasteiger partial charge on any atom is 0.327 e. The van der Waals surface area contributed by atoms with Crippen molar-refractivity contribution < 1.29 is 13.9 Å². The molecular formula is C13H16FNO2. The number of nitrogens with one attached hydrogen (secondary N) is 1. The number of carbonyl (C=O) groups is 1. The van der Waals surface area contributed by atoms with Crippen LogP contribution in [0.15, 0.2) is 36.9 Å². The predicted molar refractivity (Wildman–Crippen MR) is 64.0 cm³/mol. The number of halogens is 1. The van der Waals surface area contributed by atoms with Gasteiger partial charge >= 0.3 is 5.97 Å². The van der Waals surface area contributed by atoms with Gasteiger partial charge in [0.25, 0.3) is 0 Å². The molecule has 92 valence electrons. The first kappa shape index (κ1) is 13.4. The van der Waals surface area contributed by atoms with Crippen LogP contribution >= 0.6 is 0 Å². The van der Waals surface area contributed by atoms with E-state index in [1.165, 1.54) is 12.1 Å². The number of esters is 1. The molecule has 1 rings (SSSR count). The van der Waals surface area contributed by atoms with E-state index in [0.29, 0.717) is 18.7 Å². The minimum Gasteiger partial charge on any atom is -0.465 e. The summed E-state index contributed by atoms with van der Waals surface area (Å²) in [5, 5.41) is 2.97. The van der Waals surface area contributed by atoms with Gasteiger partial charge in [-0.3, -0.25) is 5.32 Å². The summed E-state index contributed by atoms with van der Waals surface area (Å²) in [4.78, 5) is 11.7. The van der Waals surface area contributed by atoms with Crippen LogP contribution < -0.4 is 5.32 Å². The number of rotatable bonds is 6. The summed E-state index contributed by atoms with van der Waals surface area (Å²) in [6, 6.07) is 5.17. The van der Waals surface area contributed by atoms with Crippen molar-refractivity contribution in [1.82, 2.24) is 5.32 Å². The predicted octanol–water partition coefficient (Wildman–Crippen LogP) is 2.21. The van der Waals surface area contributed by atoms with E-state index in [1.54, 1.807) is 25.1 Å². The van der Waals surface area contributed by atoms with E-state index < -0.39 is 6.04 Å². The number of benzene rings is 1. The number of hydrogen-bond donors (Lipinski definition) is 1. The summed E-state index contributed by atoms with van der Waals surface area (Å²) in [6.45, 7) is 6.10. The lowest BCUT2D eigenvalue weighted by Gasteiger charge is -2.16. The molecule has 0 spiro atoms. The molecule has 0 heterocycles. The standard InChI is InChI=1S/C13H16FNO2/c1-3-9-15-12(13(16)17-4-2)10-5-7-11(14)8-6-10/h3,5-8,12,15H,1,4,9H2,2H3. The van der Waals surface area contributed by atoms with Crippen LogP contribution in [0.25, 0.3) is 0 Å². The monoisotopic (exact) mass is 237 g/mol. The molecule has 0 fully saturated rings. The van der Waals surface area contributed by atoms with E-state index in [1.807, 2.05) is 0 Å². The molecule has 0 saturated carbocycles. The highest BCUT2D eigenvalue weighted by molar-refractivity contribution is 5.77. The zero-order valence-corrected chi connectivity index (χ0v) is 9.78. The molecule has 0 amide bonds. The van der Waals surface area contributed by atoms with Gasteiger partial charge in [0.2, 0.25) is 0 Å². The molecule has 17 heavy (non-hydrogen) atoms. The normalized spacial score (nSPS) is 11.9. The number of hydrogen-bond acceptors (Lipinski definition) is 3. The molecular weight excluding hydrogens is 221 g/mol. The van der Waals surface area contributed by atoms with Crippen LogP contribution in [-0.4, -0.2) is 19.1 Å². The van der Waals surface area contributed by atoms with E-state index in [0.717, 1.165) is 0 Å². The fourth-order valence-corrected chi connectivity index (χ4v) is 1.42. The van der Waals surface area contributed by atoms with Gasteiger partial charge in [0, 0.05) is 6.54 Å². The summed E-state index contributed by atoms with van der Waals surface area (Å²) in [6.07, 6.45) is 1.65. The summed E-state index contributed by atoms with van der Waals surface area (Å²) < 4.78 is 17.8. The molecule has 0 radical (unpaired) electrons. The summed E-state index contributed by atoms with van der Waals surface area (Å²) in [7, 11) is 0. The molecule has 0 saturated heterocycles. The van der Waals surface area contributed by atoms with E-state index in [-0.39, 0.29) is 11.8 Å². The van der Waals surface area contributed by atoms with Crippen LogP contribution in [0.4, 0.5) is 4.39 Å². The van der Waals surface area contributed by atoms with Crippen LogP contribution in [0.2, 0.25) is 0 Å². The van der Waals surface area contributed by atoms with Crippen molar-refractivity contribution >= 4 is 5.97 Å². The number of ether oxygens (including phenoxy) is 1. The topological polar surface area (TPSA) is 38.3 Å². The highest BCUT2D eigenvalue weighted by Crippen LogP contribution is 2.15. The Labute approximate surface area is 100 Å². The summed E-state index contributed by atoms with van der Waals surface area (Å²) in [5.41, 5.74) is 0.673. The van der Waals surface area contributed by atoms with Crippen LogP contribution in [-0.2, 0) is 9.53 Å². The highest BCUT2D eigenvalue weighted by Gasteiger charge is 2.20. The smallest absolute Gasteiger partial charge is 0.327 e. The van der Waals surface area contributed by atoms with Crippen molar-refractivity contribution in [2.45, 2.75) is 13.0 Å². The van der Waals surface area contributed by atoms with Crippen LogP contribution in [0.1, 0.15) is 18.5 Å². The van der Waals surface area contributed by atoms with Gasteiger partial charge in [-0.15, -0.1) is 6.58 Å². The molecule has 1 atom stereocenters. The van der Waals surface area contributed by atoms with Gasteiger partial charge in [0.1, 0.15) is 11.9 Å². The van der Waals surface area contributed by atoms with E-state index in [9.17, 15) is 9.18 Å². The maximum atomic E-state index is 12.8. The Morgan fingerprint density at radius 2 is 2.18 bits per heavy atom. The van der Waals surface area contributed by atoms with Crippen molar-refractivity contribution in [2.24, 2.45) is 0 Å². The Hall–Kier alpha value is -1.68. The molecule has 0 aromatic heterocycles. The minimum absolute atomic E-state index is 0.312. The zero-order valence-electron chi connectivity index (χ0n) is 9.78. The second kappa shape index (κ2) is 6.81. The van der Waals surface area contributed by atoms with E-state index >= 15 is 0 Å². The van der Waals surface area contributed by atoms with Gasteiger partial charge in [-0.25, -0.2) is 9.18 Å². The van der Waals surface area contributed by atoms with Crippen molar-refractivity contribution in [2.75, 3.05) is 13.2 Å². The third-order valence-electron chi connectivity index (χ3n) is 2.19. The first-order chi connectivity index (χ1) is 8.19. The van der Waals surface area contributed by atoms with Crippen LogP contribution in [0.3, 0.4) is 0 Å². The van der Waals surface area contributed by atoms with Gasteiger partial charge in [-0.1, -0.05) is 18.2 Å². The minimum atomic E-state index is -0.589. The highest BCUT2D eigenvalue weighted by atomic mass is 19.1. The Morgan fingerprint density at radius 1 is 1.53 bits per heavy atom.